The topological polar surface area (TPSA) is 82.8 Å². The van der Waals surface area contributed by atoms with Gasteiger partial charge in [0.25, 0.3) is 0 Å². The summed E-state index contributed by atoms with van der Waals surface area (Å²) in [5.74, 6) is 1.78. The molecule has 1 unspecified atom stereocenters. The normalized spacial score (nSPS) is 11.7. The molecule has 0 aromatic heterocycles. The lowest BCUT2D eigenvalue weighted by atomic mass is 10.1. The van der Waals surface area contributed by atoms with Crippen LogP contribution in [0.5, 0.6) is 17.2 Å². The van der Waals surface area contributed by atoms with Crippen molar-refractivity contribution < 1.29 is 19.0 Å². The molecule has 0 saturated heterocycles. The summed E-state index contributed by atoms with van der Waals surface area (Å²) in [7, 11) is 4.70. The molecule has 0 radical (unpaired) electrons. The highest BCUT2D eigenvalue weighted by molar-refractivity contribution is 5.76. The summed E-state index contributed by atoms with van der Waals surface area (Å²) in [4.78, 5) is 11.7. The largest absolute Gasteiger partial charge is 0.496 e. The SMILES string of the molecule is COc1cc(OC)c(OC)cc1CNC(=O)CCC(C)N. The molecule has 0 aliphatic heterocycles. The first-order valence-electron chi connectivity index (χ1n) is 6.83. The molecule has 3 N–H and O–H groups in total. The summed E-state index contributed by atoms with van der Waals surface area (Å²) < 4.78 is 15.8. The number of amides is 1. The number of carbonyl (C=O) groups is 1. The van der Waals surface area contributed by atoms with Crippen molar-refractivity contribution >= 4 is 5.91 Å². The van der Waals surface area contributed by atoms with Crippen molar-refractivity contribution in [3.8, 4) is 17.2 Å². The second kappa shape index (κ2) is 8.36. The fourth-order valence-corrected chi connectivity index (χ4v) is 1.87. The number of hydrogen-bond donors (Lipinski definition) is 2. The Morgan fingerprint density at radius 1 is 1.14 bits per heavy atom. The lowest BCUT2D eigenvalue weighted by Crippen LogP contribution is -2.25. The van der Waals surface area contributed by atoms with E-state index in [-0.39, 0.29) is 11.9 Å². The minimum absolute atomic E-state index is 0.0198. The first-order valence-corrected chi connectivity index (χ1v) is 6.83. The Kier molecular flexibility index (Phi) is 6.81. The zero-order valence-electron chi connectivity index (χ0n) is 13.1. The van der Waals surface area contributed by atoms with Gasteiger partial charge in [-0.2, -0.15) is 0 Å². The third-order valence-corrected chi connectivity index (χ3v) is 3.09. The highest BCUT2D eigenvalue weighted by atomic mass is 16.5. The molecule has 1 aromatic rings. The Morgan fingerprint density at radius 3 is 2.24 bits per heavy atom. The Hall–Kier alpha value is -1.95. The number of nitrogens with one attached hydrogen (secondary N) is 1. The molecule has 1 amide bonds. The summed E-state index contributed by atoms with van der Waals surface area (Å²) >= 11 is 0. The zero-order valence-corrected chi connectivity index (χ0v) is 13.1. The van der Waals surface area contributed by atoms with Crippen molar-refractivity contribution in [3.63, 3.8) is 0 Å². The molecule has 0 saturated carbocycles. The molecule has 0 bridgehead atoms. The quantitative estimate of drug-likeness (QED) is 0.759. The standard InChI is InChI=1S/C15H24N2O4/c1-10(16)5-6-15(18)17-9-11-7-13(20-3)14(21-4)8-12(11)19-2/h7-8,10H,5-6,9,16H2,1-4H3,(H,17,18). The van der Waals surface area contributed by atoms with Gasteiger partial charge in [0.2, 0.25) is 5.91 Å². The first kappa shape index (κ1) is 17.1. The molecule has 118 valence electrons. The minimum atomic E-state index is -0.0378. The van der Waals surface area contributed by atoms with Gasteiger partial charge >= 0.3 is 0 Å². The Labute approximate surface area is 125 Å². The van der Waals surface area contributed by atoms with Crippen molar-refractivity contribution in [3.05, 3.63) is 17.7 Å². The van der Waals surface area contributed by atoms with Crippen molar-refractivity contribution in [1.82, 2.24) is 5.32 Å². The van der Waals surface area contributed by atoms with E-state index >= 15 is 0 Å². The number of ether oxygens (including phenoxy) is 3. The molecule has 0 aliphatic rings. The number of benzene rings is 1. The Morgan fingerprint density at radius 2 is 1.71 bits per heavy atom. The van der Waals surface area contributed by atoms with Gasteiger partial charge in [-0.25, -0.2) is 0 Å². The fraction of sp³-hybridized carbons (Fsp3) is 0.533. The van der Waals surface area contributed by atoms with E-state index in [9.17, 15) is 4.79 Å². The van der Waals surface area contributed by atoms with Crippen LogP contribution in [0.25, 0.3) is 0 Å². The van der Waals surface area contributed by atoms with Crippen molar-refractivity contribution in [2.45, 2.75) is 32.4 Å². The average Bonchev–Trinajstić information content (AvgIpc) is 2.49. The van der Waals surface area contributed by atoms with E-state index in [1.54, 1.807) is 33.5 Å². The molecule has 0 spiro atoms. The highest BCUT2D eigenvalue weighted by Crippen LogP contribution is 2.34. The minimum Gasteiger partial charge on any atom is -0.496 e. The maximum atomic E-state index is 11.7. The maximum Gasteiger partial charge on any atom is 0.220 e. The van der Waals surface area contributed by atoms with Gasteiger partial charge in [0.05, 0.1) is 21.3 Å². The van der Waals surface area contributed by atoms with Crippen LogP contribution < -0.4 is 25.3 Å². The molecular formula is C15H24N2O4. The summed E-state index contributed by atoms with van der Waals surface area (Å²) in [5.41, 5.74) is 6.46. The highest BCUT2D eigenvalue weighted by Gasteiger charge is 2.12. The predicted octanol–water partition coefficient (Wildman–Crippen LogP) is 1.46. The van der Waals surface area contributed by atoms with Crippen LogP contribution in [0.1, 0.15) is 25.3 Å². The zero-order chi connectivity index (χ0) is 15.8. The van der Waals surface area contributed by atoms with Gasteiger partial charge in [-0.15, -0.1) is 0 Å². The van der Waals surface area contributed by atoms with E-state index in [1.165, 1.54) is 0 Å². The number of carbonyl (C=O) groups excluding carboxylic acids is 1. The van der Waals surface area contributed by atoms with Crippen molar-refractivity contribution in [2.24, 2.45) is 5.73 Å². The average molecular weight is 296 g/mol. The van der Waals surface area contributed by atoms with Gasteiger partial charge in [-0.05, 0) is 19.4 Å². The molecule has 6 nitrogen and oxygen atoms in total. The van der Waals surface area contributed by atoms with E-state index in [2.05, 4.69) is 5.32 Å². The van der Waals surface area contributed by atoms with E-state index in [0.717, 1.165) is 5.56 Å². The summed E-state index contributed by atoms with van der Waals surface area (Å²) in [6.45, 7) is 2.24. The maximum absolute atomic E-state index is 11.7. The van der Waals surface area contributed by atoms with Crippen LogP contribution in [-0.2, 0) is 11.3 Å². The van der Waals surface area contributed by atoms with Crippen LogP contribution in [0.3, 0.4) is 0 Å². The smallest absolute Gasteiger partial charge is 0.220 e. The van der Waals surface area contributed by atoms with E-state index in [0.29, 0.717) is 36.6 Å². The van der Waals surface area contributed by atoms with Crippen LogP contribution in [0, 0.1) is 0 Å². The van der Waals surface area contributed by atoms with Gasteiger partial charge in [0.15, 0.2) is 11.5 Å². The molecule has 0 heterocycles. The van der Waals surface area contributed by atoms with Gasteiger partial charge < -0.3 is 25.3 Å². The summed E-state index contributed by atoms with van der Waals surface area (Å²) in [6, 6.07) is 3.55. The van der Waals surface area contributed by atoms with E-state index < -0.39 is 0 Å². The first-order chi connectivity index (χ1) is 10.0. The number of methoxy groups -OCH3 is 3. The lowest BCUT2D eigenvalue weighted by molar-refractivity contribution is -0.121. The third kappa shape index (κ3) is 5.15. The van der Waals surface area contributed by atoms with Crippen LogP contribution in [0.15, 0.2) is 12.1 Å². The molecule has 21 heavy (non-hydrogen) atoms. The van der Waals surface area contributed by atoms with Crippen LogP contribution >= 0.6 is 0 Å². The number of hydrogen-bond acceptors (Lipinski definition) is 5. The number of nitrogens with two attached hydrogens (primary N) is 1. The van der Waals surface area contributed by atoms with Crippen LogP contribution in [0.2, 0.25) is 0 Å². The van der Waals surface area contributed by atoms with Gasteiger partial charge in [-0.1, -0.05) is 0 Å². The molecule has 1 rings (SSSR count). The van der Waals surface area contributed by atoms with E-state index in [1.807, 2.05) is 6.92 Å². The van der Waals surface area contributed by atoms with Crippen molar-refractivity contribution in [2.75, 3.05) is 21.3 Å². The monoisotopic (exact) mass is 296 g/mol. The predicted molar refractivity (Wildman–Crippen MR) is 80.8 cm³/mol. The summed E-state index contributed by atoms with van der Waals surface area (Å²) in [6.07, 6.45) is 1.07. The lowest BCUT2D eigenvalue weighted by Gasteiger charge is -2.14. The van der Waals surface area contributed by atoms with Gasteiger partial charge in [0, 0.05) is 30.6 Å². The molecular weight excluding hydrogens is 272 g/mol. The van der Waals surface area contributed by atoms with Gasteiger partial charge in [0.1, 0.15) is 5.75 Å². The molecule has 1 atom stereocenters. The Balaban J connectivity index is 2.75. The Bertz CT molecular complexity index is 475. The van der Waals surface area contributed by atoms with Crippen LogP contribution in [-0.4, -0.2) is 33.3 Å². The third-order valence-electron chi connectivity index (χ3n) is 3.09. The van der Waals surface area contributed by atoms with Crippen molar-refractivity contribution in [1.29, 1.82) is 0 Å². The molecule has 0 fully saturated rings. The number of rotatable bonds is 8. The molecule has 1 aromatic carbocycles. The van der Waals surface area contributed by atoms with Gasteiger partial charge in [-0.3, -0.25) is 4.79 Å². The molecule has 6 heteroatoms. The van der Waals surface area contributed by atoms with E-state index in [4.69, 9.17) is 19.9 Å². The molecule has 0 aliphatic carbocycles. The summed E-state index contributed by atoms with van der Waals surface area (Å²) in [5, 5.41) is 2.85. The second-order valence-corrected chi connectivity index (χ2v) is 4.81. The van der Waals surface area contributed by atoms with Crippen LogP contribution in [0.4, 0.5) is 0 Å². The second-order valence-electron chi connectivity index (χ2n) is 4.81. The fourth-order valence-electron chi connectivity index (χ4n) is 1.87.